The zero-order valence-electron chi connectivity index (χ0n) is 24.0. The van der Waals surface area contributed by atoms with Gasteiger partial charge in [-0.15, -0.1) is 0 Å². The van der Waals surface area contributed by atoms with Crippen molar-refractivity contribution in [3.63, 3.8) is 0 Å². The minimum absolute atomic E-state index is 0.116. The maximum Gasteiger partial charge on any atom is 0.146 e. The van der Waals surface area contributed by atoms with Crippen LogP contribution in [0.3, 0.4) is 0 Å². The van der Waals surface area contributed by atoms with Crippen molar-refractivity contribution in [1.29, 1.82) is 0 Å². The summed E-state index contributed by atoms with van der Waals surface area (Å²) >= 11 is 0. The maximum atomic E-state index is 11.2. The van der Waals surface area contributed by atoms with Crippen LogP contribution in [0.2, 0.25) is 0 Å². The Morgan fingerprint density at radius 3 is 1.29 bits per heavy atom. The number of hydrogen-bond acceptors (Lipinski definition) is 2. The normalized spacial score (nSPS) is 16.1. The van der Waals surface area contributed by atoms with Crippen LogP contribution in [0.4, 0.5) is 0 Å². The third kappa shape index (κ3) is 31.9. The van der Waals surface area contributed by atoms with E-state index in [1.807, 2.05) is 34.7 Å². The monoisotopic (exact) mass is 444 g/mol. The molecule has 0 radical (unpaired) electrons. The van der Waals surface area contributed by atoms with E-state index >= 15 is 0 Å². The fourth-order valence-corrected chi connectivity index (χ4v) is 3.88. The smallest absolute Gasteiger partial charge is 0.146 e. The van der Waals surface area contributed by atoms with E-state index in [2.05, 4.69) is 39.9 Å². The van der Waals surface area contributed by atoms with Crippen LogP contribution >= 0.6 is 0 Å². The lowest BCUT2D eigenvalue weighted by Gasteiger charge is -2.28. The van der Waals surface area contributed by atoms with Crippen LogP contribution in [-0.2, 0) is 4.79 Å². The molecule has 0 aromatic rings. The molecule has 2 nitrogen and oxygen atoms in total. The predicted molar refractivity (Wildman–Crippen MR) is 146 cm³/mol. The first-order chi connectivity index (χ1) is 14.9. The van der Waals surface area contributed by atoms with Crippen LogP contribution in [0.25, 0.3) is 0 Å². The lowest BCUT2D eigenvalue weighted by Crippen LogP contribution is -2.40. The summed E-state index contributed by atoms with van der Waals surface area (Å²) in [6, 6.07) is 0.116. The van der Waals surface area contributed by atoms with Gasteiger partial charge in [0.05, 0.1) is 6.04 Å². The van der Waals surface area contributed by atoms with Gasteiger partial charge < -0.3 is 5.32 Å². The second-order valence-electron chi connectivity index (χ2n) is 8.79. The second-order valence-corrected chi connectivity index (χ2v) is 8.79. The van der Waals surface area contributed by atoms with Gasteiger partial charge >= 0.3 is 0 Å². The number of nitrogens with one attached hydrogen (secondary N) is 1. The van der Waals surface area contributed by atoms with E-state index in [1.165, 1.54) is 89.9 Å². The number of hydrogen-bond donors (Lipinski definition) is 1. The van der Waals surface area contributed by atoms with Crippen LogP contribution in [-0.4, -0.2) is 18.9 Å². The lowest BCUT2D eigenvalue weighted by molar-refractivity contribution is -0.120. The highest BCUT2D eigenvalue weighted by Gasteiger charge is 2.25. The van der Waals surface area contributed by atoms with Gasteiger partial charge in [0.15, 0.2) is 0 Å². The van der Waals surface area contributed by atoms with E-state index in [1.54, 1.807) is 6.92 Å². The number of Topliss-reactive ketones (excluding diaryl/α,β-unsaturated/α-hetero) is 1. The first-order valence-corrected chi connectivity index (χ1v) is 14.1. The average Bonchev–Trinajstić information content (AvgIpc) is 2.80. The van der Waals surface area contributed by atoms with Crippen LogP contribution in [0, 0.1) is 11.8 Å². The summed E-state index contributed by atoms with van der Waals surface area (Å²) in [6.45, 7) is 20.7. The Morgan fingerprint density at radius 2 is 1.10 bits per heavy atom. The fourth-order valence-electron chi connectivity index (χ4n) is 3.88. The van der Waals surface area contributed by atoms with Crippen molar-refractivity contribution < 1.29 is 4.79 Å². The van der Waals surface area contributed by atoms with E-state index in [0.29, 0.717) is 11.7 Å². The average molecular weight is 444 g/mol. The molecule has 1 unspecified atom stereocenters. The van der Waals surface area contributed by atoms with Crippen molar-refractivity contribution in [3.05, 3.63) is 0 Å². The fraction of sp³-hybridized carbons (Fsp3) is 0.966. The summed E-state index contributed by atoms with van der Waals surface area (Å²) in [4.78, 5) is 11.2. The second kappa shape index (κ2) is 34.2. The van der Waals surface area contributed by atoms with Gasteiger partial charge in [0.2, 0.25) is 0 Å². The Kier molecular flexibility index (Phi) is 41.9. The Balaban J connectivity index is -0.000000164. The van der Waals surface area contributed by atoms with E-state index in [9.17, 15) is 4.79 Å². The minimum Gasteiger partial charge on any atom is -0.310 e. The number of rotatable bonds is 5. The van der Waals surface area contributed by atoms with Gasteiger partial charge in [-0.3, -0.25) is 4.79 Å². The molecule has 192 valence electrons. The van der Waals surface area contributed by atoms with E-state index in [-0.39, 0.29) is 6.04 Å². The Hall–Kier alpha value is -0.370. The molecular formula is C29H65NO. The Bertz CT molecular complexity index is 280. The van der Waals surface area contributed by atoms with Crippen LogP contribution < -0.4 is 5.32 Å². The molecular weight excluding hydrogens is 378 g/mol. The van der Waals surface area contributed by atoms with Gasteiger partial charge in [0.1, 0.15) is 5.78 Å². The first kappa shape index (κ1) is 37.9. The zero-order chi connectivity index (χ0) is 24.9. The molecule has 0 aromatic carbocycles. The van der Waals surface area contributed by atoms with Crippen LogP contribution in [0.15, 0.2) is 0 Å². The minimum atomic E-state index is 0.116. The molecule has 31 heavy (non-hydrogen) atoms. The SMILES string of the molecule is C1CCCCC1.CC.CC.CCC.CCCC(C)C.CNC(C(C)=O)C1CCCCC1. The standard InChI is InChI=1S/C10H19NO.C6H12.C6H14.C3H8.2C2H6/c1-8(12)10(11-2)9-6-4-3-5-7-9;1-2-4-6-5-3-1;1-4-5-6(2)3;1-3-2;2*1-2/h9-11H,3-7H2,1-2H3;1-6H2;6H,4-5H2,1-3H3;3H2,1-2H3;2*1-2H3. The molecule has 2 saturated carbocycles. The number of carbonyl (C=O) groups excluding carboxylic acids is 1. The molecule has 0 heterocycles. The molecule has 0 amide bonds. The highest BCUT2D eigenvalue weighted by atomic mass is 16.1. The zero-order valence-corrected chi connectivity index (χ0v) is 24.0. The lowest BCUT2D eigenvalue weighted by atomic mass is 9.82. The van der Waals surface area contributed by atoms with Crippen molar-refractivity contribution in [2.75, 3.05) is 7.05 Å². The highest BCUT2D eigenvalue weighted by Crippen LogP contribution is 2.26. The van der Waals surface area contributed by atoms with Crippen LogP contribution in [0.1, 0.15) is 159 Å². The third-order valence-corrected chi connectivity index (χ3v) is 5.24. The molecule has 0 bridgehead atoms. The molecule has 0 aliphatic heterocycles. The Morgan fingerprint density at radius 1 is 0.774 bits per heavy atom. The van der Waals surface area contributed by atoms with Crippen molar-refractivity contribution in [3.8, 4) is 0 Å². The molecule has 1 atom stereocenters. The molecule has 0 spiro atoms. The molecule has 2 heteroatoms. The van der Waals surface area contributed by atoms with Crippen molar-refractivity contribution >= 4 is 5.78 Å². The van der Waals surface area contributed by atoms with Gasteiger partial charge in [0.25, 0.3) is 0 Å². The van der Waals surface area contributed by atoms with E-state index in [4.69, 9.17) is 0 Å². The first-order valence-electron chi connectivity index (χ1n) is 14.1. The summed E-state index contributed by atoms with van der Waals surface area (Å²) < 4.78 is 0. The molecule has 2 rings (SSSR count). The summed E-state index contributed by atoms with van der Waals surface area (Å²) in [5.74, 6) is 1.79. The Labute approximate surface area is 200 Å². The molecule has 2 aliphatic rings. The predicted octanol–water partition coefficient (Wildman–Crippen LogP) is 10.00. The molecule has 2 fully saturated rings. The van der Waals surface area contributed by atoms with Crippen LogP contribution in [0.5, 0.6) is 0 Å². The molecule has 2 aliphatic carbocycles. The molecule has 0 saturated heterocycles. The van der Waals surface area contributed by atoms with Gasteiger partial charge in [-0.05, 0) is 38.6 Å². The van der Waals surface area contributed by atoms with Crippen molar-refractivity contribution in [1.82, 2.24) is 5.32 Å². The largest absolute Gasteiger partial charge is 0.310 e. The number of carbonyl (C=O) groups is 1. The summed E-state index contributed by atoms with van der Waals surface area (Å²) in [5.41, 5.74) is 0. The van der Waals surface area contributed by atoms with Crippen molar-refractivity contribution in [2.45, 2.75) is 165 Å². The molecule has 0 aromatic heterocycles. The molecule has 1 N–H and O–H groups in total. The summed E-state index contributed by atoms with van der Waals surface area (Å²) in [6.07, 6.45) is 19.4. The van der Waals surface area contributed by atoms with Gasteiger partial charge in [-0.1, -0.05) is 139 Å². The van der Waals surface area contributed by atoms with Gasteiger partial charge in [0, 0.05) is 0 Å². The summed E-state index contributed by atoms with van der Waals surface area (Å²) in [7, 11) is 1.89. The van der Waals surface area contributed by atoms with Gasteiger partial charge in [-0.2, -0.15) is 0 Å². The number of likely N-dealkylation sites (N-methyl/N-ethyl adjacent to an activating group) is 1. The van der Waals surface area contributed by atoms with E-state index in [0.717, 1.165) is 5.92 Å². The third-order valence-electron chi connectivity index (χ3n) is 5.24. The van der Waals surface area contributed by atoms with Crippen molar-refractivity contribution in [2.24, 2.45) is 11.8 Å². The number of ketones is 1. The summed E-state index contributed by atoms with van der Waals surface area (Å²) in [5, 5.41) is 3.12. The highest BCUT2D eigenvalue weighted by molar-refractivity contribution is 5.81. The topological polar surface area (TPSA) is 29.1 Å². The maximum absolute atomic E-state index is 11.2. The van der Waals surface area contributed by atoms with Gasteiger partial charge in [-0.25, -0.2) is 0 Å². The quantitative estimate of drug-likeness (QED) is 0.458. The van der Waals surface area contributed by atoms with E-state index < -0.39 is 0 Å².